The van der Waals surface area contributed by atoms with Gasteiger partial charge >= 0.3 is 0 Å². The van der Waals surface area contributed by atoms with Gasteiger partial charge in [0.05, 0.1) is 28.7 Å². The molecule has 1 N–H and O–H groups in total. The second-order valence-corrected chi connectivity index (χ2v) is 8.30. The fraction of sp³-hybridized carbons (Fsp3) is 0.167. The van der Waals surface area contributed by atoms with Gasteiger partial charge in [-0.2, -0.15) is 0 Å². The molecule has 152 valence electrons. The molecular formula is C24H19Cl2NO3. The van der Waals surface area contributed by atoms with Crippen LogP contribution in [0.3, 0.4) is 0 Å². The Morgan fingerprint density at radius 2 is 1.70 bits per heavy atom. The molecule has 1 heterocycles. The maximum absolute atomic E-state index is 13.3. The van der Waals surface area contributed by atoms with E-state index in [1.54, 1.807) is 54.6 Å². The molecule has 1 atom stereocenters. The van der Waals surface area contributed by atoms with Gasteiger partial charge in [-0.05, 0) is 30.7 Å². The van der Waals surface area contributed by atoms with Crippen molar-refractivity contribution in [1.82, 2.24) is 0 Å². The number of para-hydroxylation sites is 1. The summed E-state index contributed by atoms with van der Waals surface area (Å²) in [5, 5.41) is 12.2. The lowest BCUT2D eigenvalue weighted by Crippen LogP contribution is -2.41. The Balaban J connectivity index is 1.67. The number of nitrogens with zero attached hydrogens (tertiary/aromatic N) is 1. The van der Waals surface area contributed by atoms with E-state index in [1.165, 1.54) is 4.90 Å². The molecular weight excluding hydrogens is 421 g/mol. The minimum absolute atomic E-state index is 0.202. The van der Waals surface area contributed by atoms with E-state index in [9.17, 15) is 14.7 Å². The summed E-state index contributed by atoms with van der Waals surface area (Å²) in [6.07, 6.45) is -0.330. The minimum Gasteiger partial charge on any atom is -0.375 e. The summed E-state index contributed by atoms with van der Waals surface area (Å²) in [5.41, 5.74) is 1.34. The smallest absolute Gasteiger partial charge is 0.264 e. The number of carbonyl (C=O) groups is 2. The summed E-state index contributed by atoms with van der Waals surface area (Å²) in [7, 11) is 0. The highest BCUT2D eigenvalue weighted by Crippen LogP contribution is 2.43. The molecule has 4 rings (SSSR count). The van der Waals surface area contributed by atoms with Crippen LogP contribution in [0.4, 0.5) is 5.69 Å². The standard InChI is InChI=1S/C24H19Cl2NO3/c1-15-6-9-17(10-7-15)22(28)13-24(30)18-4-2-3-5-21(18)27(23(24)29)14-16-8-11-19(25)20(26)12-16/h2-12,30H,13-14H2,1H3. The third kappa shape index (κ3) is 3.63. The number of carbonyl (C=O) groups excluding carboxylic acids is 2. The van der Waals surface area contributed by atoms with Gasteiger partial charge in [0, 0.05) is 11.1 Å². The van der Waals surface area contributed by atoms with Gasteiger partial charge in [0.25, 0.3) is 5.91 Å². The number of fused-ring (bicyclic) bond motifs is 1. The Labute approximate surface area is 184 Å². The molecule has 0 aromatic heterocycles. The first-order valence-electron chi connectivity index (χ1n) is 9.47. The number of ketones is 1. The molecule has 3 aromatic carbocycles. The van der Waals surface area contributed by atoms with Crippen molar-refractivity contribution in [2.24, 2.45) is 0 Å². The van der Waals surface area contributed by atoms with Crippen LogP contribution in [0, 0.1) is 6.92 Å². The number of hydrogen-bond donors (Lipinski definition) is 1. The molecule has 30 heavy (non-hydrogen) atoms. The third-order valence-electron chi connectivity index (χ3n) is 5.35. The average molecular weight is 440 g/mol. The van der Waals surface area contributed by atoms with Crippen LogP contribution in [0.1, 0.15) is 33.5 Å². The van der Waals surface area contributed by atoms with Gasteiger partial charge in [-0.1, -0.05) is 77.3 Å². The largest absolute Gasteiger partial charge is 0.375 e. The number of anilines is 1. The molecule has 0 spiro atoms. The zero-order valence-electron chi connectivity index (χ0n) is 16.2. The molecule has 1 unspecified atom stereocenters. The lowest BCUT2D eigenvalue weighted by Gasteiger charge is -2.23. The number of aryl methyl sites for hydroxylation is 1. The Kier molecular flexibility index (Phi) is 5.41. The molecule has 3 aromatic rings. The van der Waals surface area contributed by atoms with Gasteiger partial charge in [0.2, 0.25) is 0 Å². The maximum Gasteiger partial charge on any atom is 0.264 e. The number of hydrogen-bond acceptors (Lipinski definition) is 3. The Morgan fingerprint density at radius 3 is 2.40 bits per heavy atom. The van der Waals surface area contributed by atoms with Gasteiger partial charge in [-0.25, -0.2) is 0 Å². The summed E-state index contributed by atoms with van der Waals surface area (Å²) >= 11 is 12.1. The lowest BCUT2D eigenvalue weighted by atomic mass is 9.88. The number of halogens is 2. The van der Waals surface area contributed by atoms with Crippen LogP contribution in [0.2, 0.25) is 10.0 Å². The van der Waals surface area contributed by atoms with Crippen molar-refractivity contribution in [2.75, 3.05) is 4.90 Å². The molecule has 0 aliphatic carbocycles. The Bertz CT molecular complexity index is 1140. The van der Waals surface area contributed by atoms with Gasteiger partial charge in [0.15, 0.2) is 11.4 Å². The first-order chi connectivity index (χ1) is 14.3. The van der Waals surface area contributed by atoms with Crippen molar-refractivity contribution >= 4 is 40.6 Å². The van der Waals surface area contributed by atoms with Gasteiger partial charge in [-0.3, -0.25) is 9.59 Å². The van der Waals surface area contributed by atoms with E-state index >= 15 is 0 Å². The van der Waals surface area contributed by atoms with Crippen LogP contribution in [0.25, 0.3) is 0 Å². The van der Waals surface area contributed by atoms with Crippen LogP contribution in [-0.2, 0) is 16.9 Å². The average Bonchev–Trinajstić information content (AvgIpc) is 2.93. The molecule has 0 saturated carbocycles. The number of Topliss-reactive ketones (excluding diaryl/α,β-unsaturated/α-hetero) is 1. The number of benzene rings is 3. The molecule has 1 aliphatic heterocycles. The Hall–Kier alpha value is -2.66. The van der Waals surface area contributed by atoms with Crippen LogP contribution in [0.15, 0.2) is 66.7 Å². The highest BCUT2D eigenvalue weighted by Gasteiger charge is 2.50. The van der Waals surface area contributed by atoms with Gasteiger partial charge < -0.3 is 10.0 Å². The van der Waals surface area contributed by atoms with E-state index in [-0.39, 0.29) is 18.7 Å². The number of rotatable bonds is 5. The van der Waals surface area contributed by atoms with Crippen molar-refractivity contribution in [3.63, 3.8) is 0 Å². The zero-order valence-corrected chi connectivity index (χ0v) is 17.7. The second-order valence-electron chi connectivity index (χ2n) is 7.48. The van der Waals surface area contributed by atoms with E-state index in [0.717, 1.165) is 11.1 Å². The first kappa shape index (κ1) is 20.6. The molecule has 0 radical (unpaired) electrons. The minimum atomic E-state index is -1.92. The van der Waals surface area contributed by atoms with Crippen molar-refractivity contribution in [2.45, 2.75) is 25.5 Å². The summed E-state index contributed by atoms with van der Waals surface area (Å²) in [6.45, 7) is 2.13. The van der Waals surface area contributed by atoms with Crippen LogP contribution in [-0.4, -0.2) is 16.8 Å². The molecule has 0 saturated heterocycles. The highest BCUT2D eigenvalue weighted by molar-refractivity contribution is 6.42. The van der Waals surface area contributed by atoms with E-state index in [0.29, 0.717) is 26.9 Å². The number of aliphatic hydroxyl groups is 1. The highest BCUT2D eigenvalue weighted by atomic mass is 35.5. The first-order valence-corrected chi connectivity index (χ1v) is 10.2. The fourth-order valence-corrected chi connectivity index (χ4v) is 4.05. The lowest BCUT2D eigenvalue weighted by molar-refractivity contribution is -0.136. The molecule has 0 bridgehead atoms. The van der Waals surface area contributed by atoms with Crippen molar-refractivity contribution < 1.29 is 14.7 Å². The van der Waals surface area contributed by atoms with E-state index < -0.39 is 11.5 Å². The monoisotopic (exact) mass is 439 g/mol. The van der Waals surface area contributed by atoms with E-state index in [4.69, 9.17) is 23.2 Å². The molecule has 0 fully saturated rings. The quantitative estimate of drug-likeness (QED) is 0.548. The van der Waals surface area contributed by atoms with E-state index in [1.807, 2.05) is 19.1 Å². The van der Waals surface area contributed by atoms with Crippen LogP contribution in [0.5, 0.6) is 0 Å². The van der Waals surface area contributed by atoms with Gasteiger partial charge in [-0.15, -0.1) is 0 Å². The van der Waals surface area contributed by atoms with E-state index in [2.05, 4.69) is 0 Å². The maximum atomic E-state index is 13.3. The SMILES string of the molecule is Cc1ccc(C(=O)CC2(O)C(=O)N(Cc3ccc(Cl)c(Cl)c3)c3ccccc32)cc1. The zero-order chi connectivity index (χ0) is 21.5. The molecule has 1 amide bonds. The predicted molar refractivity (Wildman–Crippen MR) is 118 cm³/mol. The molecule has 6 heteroatoms. The van der Waals surface area contributed by atoms with Crippen LogP contribution < -0.4 is 4.90 Å². The summed E-state index contributed by atoms with van der Waals surface area (Å²) in [5.74, 6) is -0.827. The summed E-state index contributed by atoms with van der Waals surface area (Å²) in [6, 6.07) is 19.2. The number of amides is 1. The summed E-state index contributed by atoms with van der Waals surface area (Å²) < 4.78 is 0. The summed E-state index contributed by atoms with van der Waals surface area (Å²) in [4.78, 5) is 27.7. The van der Waals surface area contributed by atoms with Crippen LogP contribution >= 0.6 is 23.2 Å². The Morgan fingerprint density at radius 1 is 1.00 bits per heavy atom. The molecule has 1 aliphatic rings. The predicted octanol–water partition coefficient (Wildman–Crippen LogP) is 5.31. The molecule has 4 nitrogen and oxygen atoms in total. The second kappa shape index (κ2) is 7.88. The normalized spacial score (nSPS) is 17.9. The van der Waals surface area contributed by atoms with Gasteiger partial charge in [0.1, 0.15) is 0 Å². The topological polar surface area (TPSA) is 57.6 Å². The van der Waals surface area contributed by atoms with Crippen molar-refractivity contribution in [3.05, 3.63) is 99.0 Å². The third-order valence-corrected chi connectivity index (χ3v) is 6.09. The fourth-order valence-electron chi connectivity index (χ4n) is 3.73. The van der Waals surface area contributed by atoms with Crippen molar-refractivity contribution in [3.8, 4) is 0 Å². The van der Waals surface area contributed by atoms with Crippen molar-refractivity contribution in [1.29, 1.82) is 0 Å².